The minimum Gasteiger partial charge on any atom is -0.370 e. The SMILES string of the molecule is CCC(CC)(OC)c1noc(-c2ccc(C#N)s2)n1. The summed E-state index contributed by atoms with van der Waals surface area (Å²) < 4.78 is 10.8. The molecule has 0 saturated carbocycles. The first-order valence-corrected chi connectivity index (χ1v) is 6.90. The maximum absolute atomic E-state index is 8.82. The fourth-order valence-electron chi connectivity index (χ4n) is 1.97. The molecule has 0 fully saturated rings. The second kappa shape index (κ2) is 5.51. The summed E-state index contributed by atoms with van der Waals surface area (Å²) >= 11 is 1.33. The Morgan fingerprint density at radius 1 is 1.42 bits per heavy atom. The second-order valence-electron chi connectivity index (χ2n) is 4.10. The third-order valence-electron chi connectivity index (χ3n) is 3.29. The second-order valence-corrected chi connectivity index (χ2v) is 5.19. The highest BCUT2D eigenvalue weighted by Crippen LogP contribution is 2.33. The summed E-state index contributed by atoms with van der Waals surface area (Å²) in [6, 6.07) is 5.65. The van der Waals surface area contributed by atoms with Crippen LogP contribution in [0.25, 0.3) is 10.8 Å². The van der Waals surface area contributed by atoms with E-state index in [1.807, 2.05) is 19.9 Å². The van der Waals surface area contributed by atoms with Crippen LogP contribution >= 0.6 is 11.3 Å². The lowest BCUT2D eigenvalue weighted by atomic mass is 9.96. The minimum atomic E-state index is -0.503. The van der Waals surface area contributed by atoms with Crippen LogP contribution in [0.4, 0.5) is 0 Å². The molecule has 2 rings (SSSR count). The molecule has 0 bridgehead atoms. The Hall–Kier alpha value is -1.71. The molecule has 0 aliphatic carbocycles. The summed E-state index contributed by atoms with van der Waals surface area (Å²) in [5.74, 6) is 0.992. The molecule has 19 heavy (non-hydrogen) atoms. The molecule has 0 saturated heterocycles. The number of aromatic nitrogens is 2. The largest absolute Gasteiger partial charge is 0.370 e. The normalized spacial score (nSPS) is 11.5. The van der Waals surface area contributed by atoms with E-state index in [4.69, 9.17) is 14.5 Å². The van der Waals surface area contributed by atoms with Crippen LogP contribution in [0.5, 0.6) is 0 Å². The number of nitriles is 1. The van der Waals surface area contributed by atoms with Crippen LogP contribution in [-0.2, 0) is 10.3 Å². The summed E-state index contributed by atoms with van der Waals surface area (Å²) in [4.78, 5) is 5.83. The van der Waals surface area contributed by atoms with Crippen molar-refractivity contribution in [1.29, 1.82) is 5.26 Å². The van der Waals surface area contributed by atoms with Crippen LogP contribution in [0.15, 0.2) is 16.7 Å². The van der Waals surface area contributed by atoms with E-state index in [1.54, 1.807) is 13.2 Å². The lowest BCUT2D eigenvalue weighted by Crippen LogP contribution is -2.28. The monoisotopic (exact) mass is 277 g/mol. The molecule has 0 radical (unpaired) electrons. The Labute approximate surface area is 115 Å². The predicted molar refractivity (Wildman–Crippen MR) is 71.6 cm³/mol. The van der Waals surface area contributed by atoms with Crippen LogP contribution in [0.1, 0.15) is 37.4 Å². The van der Waals surface area contributed by atoms with Gasteiger partial charge in [-0.1, -0.05) is 19.0 Å². The molecule has 0 aliphatic heterocycles. The molecule has 2 aromatic heterocycles. The van der Waals surface area contributed by atoms with Gasteiger partial charge in [0.15, 0.2) is 0 Å². The molecule has 0 aromatic carbocycles. The van der Waals surface area contributed by atoms with Crippen molar-refractivity contribution in [2.75, 3.05) is 7.11 Å². The summed E-state index contributed by atoms with van der Waals surface area (Å²) in [6.45, 7) is 4.06. The highest BCUT2D eigenvalue weighted by Gasteiger charge is 2.33. The minimum absolute atomic E-state index is 0.435. The van der Waals surface area contributed by atoms with Gasteiger partial charge in [0, 0.05) is 7.11 Å². The standard InChI is InChI=1S/C13H15N3O2S/c1-4-13(5-2,17-3)12-15-11(18-16-12)10-7-6-9(8-14)19-10/h6-7H,4-5H2,1-3H3. The Morgan fingerprint density at radius 2 is 2.16 bits per heavy atom. The molecule has 6 heteroatoms. The van der Waals surface area contributed by atoms with Crippen molar-refractivity contribution in [3.63, 3.8) is 0 Å². The van der Waals surface area contributed by atoms with Crippen molar-refractivity contribution in [2.24, 2.45) is 0 Å². The maximum atomic E-state index is 8.82. The summed E-state index contributed by atoms with van der Waals surface area (Å²) in [7, 11) is 1.65. The predicted octanol–water partition coefficient (Wildman–Crippen LogP) is 3.33. The molecule has 2 aromatic rings. The Morgan fingerprint density at radius 3 is 2.68 bits per heavy atom. The lowest BCUT2D eigenvalue weighted by molar-refractivity contribution is -0.0306. The Bertz CT molecular complexity index is 585. The van der Waals surface area contributed by atoms with E-state index in [0.717, 1.165) is 17.7 Å². The van der Waals surface area contributed by atoms with Gasteiger partial charge in [0.1, 0.15) is 16.5 Å². The fourth-order valence-corrected chi connectivity index (χ4v) is 2.69. The van der Waals surface area contributed by atoms with Crippen molar-refractivity contribution >= 4 is 11.3 Å². The average molecular weight is 277 g/mol. The first kappa shape index (κ1) is 13.7. The summed E-state index contributed by atoms with van der Waals surface area (Å²) in [5, 5.41) is 12.8. The zero-order valence-electron chi connectivity index (χ0n) is 11.1. The van der Waals surface area contributed by atoms with Gasteiger partial charge >= 0.3 is 0 Å². The Kier molecular flexibility index (Phi) is 3.98. The van der Waals surface area contributed by atoms with Crippen molar-refractivity contribution in [3.8, 4) is 16.8 Å². The first-order valence-electron chi connectivity index (χ1n) is 6.08. The molecule has 5 nitrogen and oxygen atoms in total. The molecular weight excluding hydrogens is 262 g/mol. The van der Waals surface area contributed by atoms with Crippen molar-refractivity contribution in [1.82, 2.24) is 10.1 Å². The quantitative estimate of drug-likeness (QED) is 0.838. The van der Waals surface area contributed by atoms with E-state index < -0.39 is 5.60 Å². The van der Waals surface area contributed by atoms with Gasteiger partial charge in [-0.05, 0) is 25.0 Å². The van der Waals surface area contributed by atoms with Gasteiger partial charge in [0.05, 0.1) is 4.88 Å². The van der Waals surface area contributed by atoms with Gasteiger partial charge in [-0.2, -0.15) is 10.2 Å². The number of hydrogen-bond donors (Lipinski definition) is 0. The van der Waals surface area contributed by atoms with Gasteiger partial charge in [0.25, 0.3) is 5.89 Å². The van der Waals surface area contributed by atoms with E-state index in [1.165, 1.54) is 11.3 Å². The lowest BCUT2D eigenvalue weighted by Gasteiger charge is -2.25. The zero-order valence-corrected chi connectivity index (χ0v) is 12.0. The summed E-state index contributed by atoms with van der Waals surface area (Å²) in [6.07, 6.45) is 1.54. The van der Waals surface area contributed by atoms with Gasteiger partial charge in [-0.15, -0.1) is 11.3 Å². The molecule has 0 spiro atoms. The molecule has 0 N–H and O–H groups in total. The van der Waals surface area contributed by atoms with Crippen molar-refractivity contribution < 1.29 is 9.26 Å². The smallest absolute Gasteiger partial charge is 0.268 e. The van der Waals surface area contributed by atoms with E-state index >= 15 is 0 Å². The highest BCUT2D eigenvalue weighted by atomic mass is 32.1. The molecule has 0 atom stereocenters. The topological polar surface area (TPSA) is 71.9 Å². The molecule has 2 heterocycles. The molecule has 0 amide bonds. The number of rotatable bonds is 5. The number of ether oxygens (including phenoxy) is 1. The summed E-state index contributed by atoms with van der Waals surface area (Å²) in [5.41, 5.74) is -0.503. The number of hydrogen-bond acceptors (Lipinski definition) is 6. The van der Waals surface area contributed by atoms with E-state index in [9.17, 15) is 0 Å². The average Bonchev–Trinajstić information content (AvgIpc) is 3.10. The van der Waals surface area contributed by atoms with Crippen LogP contribution in [0.3, 0.4) is 0 Å². The van der Waals surface area contributed by atoms with Gasteiger partial charge in [-0.25, -0.2) is 0 Å². The first-order chi connectivity index (χ1) is 9.19. The van der Waals surface area contributed by atoms with Gasteiger partial charge in [-0.3, -0.25) is 0 Å². The zero-order chi connectivity index (χ0) is 13.9. The van der Waals surface area contributed by atoms with E-state index in [2.05, 4.69) is 16.2 Å². The number of nitrogens with zero attached hydrogens (tertiary/aromatic N) is 3. The van der Waals surface area contributed by atoms with E-state index in [0.29, 0.717) is 16.6 Å². The molecule has 0 unspecified atom stereocenters. The van der Waals surface area contributed by atoms with Crippen molar-refractivity contribution in [2.45, 2.75) is 32.3 Å². The van der Waals surface area contributed by atoms with Crippen LogP contribution in [0, 0.1) is 11.3 Å². The van der Waals surface area contributed by atoms with Crippen LogP contribution in [-0.4, -0.2) is 17.3 Å². The van der Waals surface area contributed by atoms with Crippen LogP contribution in [0.2, 0.25) is 0 Å². The third-order valence-corrected chi connectivity index (χ3v) is 4.27. The highest BCUT2D eigenvalue weighted by molar-refractivity contribution is 7.15. The van der Waals surface area contributed by atoms with Crippen molar-refractivity contribution in [3.05, 3.63) is 22.8 Å². The Balaban J connectivity index is 2.35. The van der Waals surface area contributed by atoms with Gasteiger partial charge in [0.2, 0.25) is 5.82 Å². The molecule has 0 aliphatic rings. The molecular formula is C13H15N3O2S. The van der Waals surface area contributed by atoms with E-state index in [-0.39, 0.29) is 0 Å². The maximum Gasteiger partial charge on any atom is 0.268 e. The van der Waals surface area contributed by atoms with Gasteiger partial charge < -0.3 is 9.26 Å². The fraction of sp³-hybridized carbons (Fsp3) is 0.462. The number of methoxy groups -OCH3 is 1. The molecule has 100 valence electrons. The third kappa shape index (κ3) is 2.39. The van der Waals surface area contributed by atoms with Crippen LogP contribution < -0.4 is 0 Å². The number of thiophene rings is 1.